The zero-order chi connectivity index (χ0) is 16.1. The normalized spacial score (nSPS) is 23.4. The van der Waals surface area contributed by atoms with Crippen molar-refractivity contribution < 1.29 is 18.7 Å². The Bertz CT molecular complexity index is 478. The van der Waals surface area contributed by atoms with Gasteiger partial charge in [-0.1, -0.05) is 0 Å². The predicted molar refractivity (Wildman–Crippen MR) is 82.8 cm³/mol. The second-order valence-electron chi connectivity index (χ2n) is 5.89. The summed E-state index contributed by atoms with van der Waals surface area (Å²) in [6.45, 7) is 7.61. The first-order chi connectivity index (χ1) is 10.5. The minimum atomic E-state index is -0.186. The van der Waals surface area contributed by atoms with E-state index in [2.05, 4.69) is 5.32 Å². The summed E-state index contributed by atoms with van der Waals surface area (Å²) < 4.78 is 16.5. The lowest BCUT2D eigenvalue weighted by Crippen LogP contribution is -2.52. The van der Waals surface area contributed by atoms with Crippen LogP contribution in [-0.2, 0) is 9.47 Å². The van der Waals surface area contributed by atoms with Crippen molar-refractivity contribution in [3.05, 3.63) is 23.7 Å². The van der Waals surface area contributed by atoms with Crippen molar-refractivity contribution in [3.63, 3.8) is 0 Å². The Morgan fingerprint density at radius 2 is 2.09 bits per heavy atom. The van der Waals surface area contributed by atoms with E-state index in [4.69, 9.17) is 13.9 Å². The molecule has 2 heterocycles. The lowest BCUT2D eigenvalue weighted by Gasteiger charge is -2.36. The van der Waals surface area contributed by atoms with Crippen molar-refractivity contribution >= 4 is 6.03 Å². The third-order valence-corrected chi connectivity index (χ3v) is 3.72. The van der Waals surface area contributed by atoms with Gasteiger partial charge in [0.05, 0.1) is 18.2 Å². The summed E-state index contributed by atoms with van der Waals surface area (Å²) >= 11 is 0. The number of hydrogen-bond donors (Lipinski definition) is 1. The highest BCUT2D eigenvalue weighted by Crippen LogP contribution is 2.20. The zero-order valence-electron chi connectivity index (χ0n) is 13.8. The Balaban J connectivity index is 2.01. The van der Waals surface area contributed by atoms with Crippen LogP contribution in [0.3, 0.4) is 0 Å². The number of carbonyl (C=O) groups is 1. The third kappa shape index (κ3) is 4.48. The molecule has 0 radical (unpaired) electrons. The van der Waals surface area contributed by atoms with Crippen LogP contribution in [0.1, 0.15) is 37.8 Å². The van der Waals surface area contributed by atoms with Crippen molar-refractivity contribution in [1.29, 1.82) is 0 Å². The van der Waals surface area contributed by atoms with E-state index < -0.39 is 0 Å². The Labute approximate surface area is 131 Å². The number of morpholine rings is 1. The van der Waals surface area contributed by atoms with Gasteiger partial charge in [-0.25, -0.2) is 4.79 Å². The molecule has 1 N–H and O–H groups in total. The van der Waals surface area contributed by atoms with Gasteiger partial charge in [-0.05, 0) is 39.3 Å². The molecule has 1 aromatic heterocycles. The standard InChI is InChI=1S/C16H26N2O4/c1-11-5-6-15(22-11)14(7-8-20-4)17-16(19)18-9-12(2)21-13(3)10-18/h5-6,12-14H,7-10H2,1-4H3,(H,17,19)/t12-,13+,14-/m0/s1. The van der Waals surface area contributed by atoms with Gasteiger partial charge in [0, 0.05) is 26.8 Å². The van der Waals surface area contributed by atoms with Gasteiger partial charge in [0.1, 0.15) is 11.5 Å². The summed E-state index contributed by atoms with van der Waals surface area (Å²) in [5.41, 5.74) is 0. The van der Waals surface area contributed by atoms with Gasteiger partial charge in [0.15, 0.2) is 0 Å². The van der Waals surface area contributed by atoms with E-state index in [0.717, 1.165) is 11.5 Å². The fraction of sp³-hybridized carbons (Fsp3) is 0.688. The summed E-state index contributed by atoms with van der Waals surface area (Å²) in [4.78, 5) is 14.3. The van der Waals surface area contributed by atoms with Gasteiger partial charge in [-0.3, -0.25) is 0 Å². The monoisotopic (exact) mass is 310 g/mol. The number of hydrogen-bond acceptors (Lipinski definition) is 4. The first-order valence-electron chi connectivity index (χ1n) is 7.75. The number of urea groups is 1. The van der Waals surface area contributed by atoms with Crippen LogP contribution in [0.15, 0.2) is 16.5 Å². The van der Waals surface area contributed by atoms with E-state index in [1.54, 1.807) is 12.0 Å². The number of rotatable bonds is 5. The lowest BCUT2D eigenvalue weighted by atomic mass is 10.1. The lowest BCUT2D eigenvalue weighted by molar-refractivity contribution is -0.0549. The molecule has 2 rings (SSSR count). The number of ether oxygens (including phenoxy) is 2. The Hall–Kier alpha value is -1.53. The highest BCUT2D eigenvalue weighted by atomic mass is 16.5. The van der Waals surface area contributed by atoms with E-state index >= 15 is 0 Å². The molecule has 0 unspecified atom stereocenters. The summed E-state index contributed by atoms with van der Waals surface area (Å²) in [5.74, 6) is 1.59. The number of furan rings is 1. The summed E-state index contributed by atoms with van der Waals surface area (Å²) in [6.07, 6.45) is 0.778. The molecule has 0 spiro atoms. The molecule has 1 aliphatic rings. The number of methoxy groups -OCH3 is 1. The predicted octanol–water partition coefficient (Wildman–Crippen LogP) is 2.48. The SMILES string of the molecule is COCC[C@H](NC(=O)N1C[C@@H](C)O[C@@H](C)C1)c1ccc(C)o1. The Morgan fingerprint density at radius 3 is 2.64 bits per heavy atom. The van der Waals surface area contributed by atoms with E-state index in [-0.39, 0.29) is 24.3 Å². The molecule has 1 saturated heterocycles. The molecule has 1 fully saturated rings. The fourth-order valence-corrected chi connectivity index (χ4v) is 2.75. The highest BCUT2D eigenvalue weighted by Gasteiger charge is 2.28. The fourth-order valence-electron chi connectivity index (χ4n) is 2.75. The first kappa shape index (κ1) is 16.8. The minimum Gasteiger partial charge on any atom is -0.464 e. The average Bonchev–Trinajstić information content (AvgIpc) is 2.88. The molecule has 1 aliphatic heterocycles. The minimum absolute atomic E-state index is 0.0535. The second kappa shape index (κ2) is 7.65. The molecular formula is C16H26N2O4. The van der Waals surface area contributed by atoms with Crippen molar-refractivity contribution in [1.82, 2.24) is 10.2 Å². The maximum absolute atomic E-state index is 12.5. The van der Waals surface area contributed by atoms with Crippen LogP contribution < -0.4 is 5.32 Å². The van der Waals surface area contributed by atoms with Crippen LogP contribution in [0.25, 0.3) is 0 Å². The van der Waals surface area contributed by atoms with Gasteiger partial charge in [-0.15, -0.1) is 0 Å². The van der Waals surface area contributed by atoms with E-state index in [1.165, 1.54) is 0 Å². The Kier molecular flexibility index (Phi) is 5.85. The van der Waals surface area contributed by atoms with Gasteiger partial charge in [-0.2, -0.15) is 0 Å². The average molecular weight is 310 g/mol. The van der Waals surface area contributed by atoms with Crippen molar-refractivity contribution in [2.45, 2.75) is 45.4 Å². The quantitative estimate of drug-likeness (QED) is 0.907. The number of amides is 2. The maximum Gasteiger partial charge on any atom is 0.318 e. The second-order valence-corrected chi connectivity index (χ2v) is 5.89. The van der Waals surface area contributed by atoms with Crippen LogP contribution in [0.5, 0.6) is 0 Å². The van der Waals surface area contributed by atoms with Crippen LogP contribution in [0.2, 0.25) is 0 Å². The molecule has 6 heteroatoms. The molecule has 2 amide bonds. The molecule has 0 saturated carbocycles. The Morgan fingerprint density at radius 1 is 1.41 bits per heavy atom. The van der Waals surface area contributed by atoms with E-state index in [0.29, 0.717) is 26.1 Å². The topological polar surface area (TPSA) is 63.9 Å². The van der Waals surface area contributed by atoms with Gasteiger partial charge < -0.3 is 24.1 Å². The summed E-state index contributed by atoms with van der Waals surface area (Å²) in [6, 6.07) is 3.53. The largest absolute Gasteiger partial charge is 0.464 e. The van der Waals surface area contributed by atoms with Crippen molar-refractivity contribution in [2.24, 2.45) is 0 Å². The first-order valence-corrected chi connectivity index (χ1v) is 7.75. The van der Waals surface area contributed by atoms with E-state index in [1.807, 2.05) is 32.9 Å². The van der Waals surface area contributed by atoms with Crippen LogP contribution >= 0.6 is 0 Å². The van der Waals surface area contributed by atoms with Gasteiger partial charge in [0.25, 0.3) is 0 Å². The molecule has 0 aromatic carbocycles. The number of nitrogens with one attached hydrogen (secondary N) is 1. The van der Waals surface area contributed by atoms with Crippen LogP contribution in [-0.4, -0.2) is 49.9 Å². The zero-order valence-corrected chi connectivity index (χ0v) is 13.8. The van der Waals surface area contributed by atoms with Crippen LogP contribution in [0.4, 0.5) is 4.79 Å². The molecule has 3 atom stereocenters. The molecule has 22 heavy (non-hydrogen) atoms. The van der Waals surface area contributed by atoms with Crippen LogP contribution in [0, 0.1) is 6.92 Å². The van der Waals surface area contributed by atoms with Crippen molar-refractivity contribution in [3.8, 4) is 0 Å². The molecular weight excluding hydrogens is 284 g/mol. The van der Waals surface area contributed by atoms with Gasteiger partial charge >= 0.3 is 6.03 Å². The molecule has 6 nitrogen and oxygen atoms in total. The third-order valence-electron chi connectivity index (χ3n) is 3.72. The highest BCUT2D eigenvalue weighted by molar-refractivity contribution is 5.74. The summed E-state index contributed by atoms with van der Waals surface area (Å²) in [7, 11) is 1.65. The maximum atomic E-state index is 12.5. The molecule has 124 valence electrons. The number of aryl methyl sites for hydroxylation is 1. The number of nitrogens with zero attached hydrogens (tertiary/aromatic N) is 1. The molecule has 1 aromatic rings. The smallest absolute Gasteiger partial charge is 0.318 e. The summed E-state index contributed by atoms with van der Waals surface area (Å²) in [5, 5.41) is 3.05. The molecule has 0 bridgehead atoms. The van der Waals surface area contributed by atoms with Crippen molar-refractivity contribution in [2.75, 3.05) is 26.8 Å². The van der Waals surface area contributed by atoms with E-state index in [9.17, 15) is 4.79 Å². The molecule has 0 aliphatic carbocycles. The number of carbonyl (C=O) groups excluding carboxylic acids is 1. The van der Waals surface area contributed by atoms with Gasteiger partial charge in [0.2, 0.25) is 0 Å².